The molecule has 0 bridgehead atoms. The van der Waals surface area contributed by atoms with Crippen molar-refractivity contribution in [3.8, 4) is 0 Å². The summed E-state index contributed by atoms with van der Waals surface area (Å²) >= 11 is 0. The van der Waals surface area contributed by atoms with Crippen LogP contribution in [0, 0.1) is 0 Å². The van der Waals surface area contributed by atoms with E-state index in [-0.39, 0.29) is 12.1 Å². The van der Waals surface area contributed by atoms with Crippen molar-refractivity contribution < 1.29 is 12.6 Å². The van der Waals surface area contributed by atoms with Crippen LogP contribution in [-0.4, -0.2) is 20.6 Å². The minimum Gasteiger partial charge on any atom is -0.255 e. The van der Waals surface area contributed by atoms with Crippen molar-refractivity contribution in [3.63, 3.8) is 0 Å². The Balaban J connectivity index is 2.69. The summed E-state index contributed by atoms with van der Waals surface area (Å²) < 4.78 is 28.4. The third kappa shape index (κ3) is 1.93. The Kier molecular flexibility index (Phi) is 1.98. The summed E-state index contributed by atoms with van der Waals surface area (Å²) in [5, 5.41) is 0. The molecule has 1 fully saturated rings. The standard InChI is InChI=1S/C5H11NO3S/c1-4-3-5(2)9-10(7,8)6-4/h4-6H,3H2,1-2H3. The van der Waals surface area contributed by atoms with Gasteiger partial charge in [0.1, 0.15) is 0 Å². The van der Waals surface area contributed by atoms with E-state index in [9.17, 15) is 8.42 Å². The van der Waals surface area contributed by atoms with Crippen molar-refractivity contribution in [1.82, 2.24) is 4.72 Å². The zero-order chi connectivity index (χ0) is 7.78. The average Bonchev–Trinajstić information content (AvgIpc) is 1.54. The van der Waals surface area contributed by atoms with Crippen molar-refractivity contribution in [2.24, 2.45) is 0 Å². The van der Waals surface area contributed by atoms with Crippen LogP contribution in [0.4, 0.5) is 0 Å². The van der Waals surface area contributed by atoms with Gasteiger partial charge in [-0.2, -0.15) is 13.1 Å². The molecule has 1 N–H and O–H groups in total. The topological polar surface area (TPSA) is 55.4 Å². The van der Waals surface area contributed by atoms with E-state index in [4.69, 9.17) is 0 Å². The van der Waals surface area contributed by atoms with Crippen molar-refractivity contribution >= 4 is 10.3 Å². The van der Waals surface area contributed by atoms with Gasteiger partial charge in [-0.15, -0.1) is 0 Å². The first-order valence-corrected chi connectivity index (χ1v) is 4.61. The maximum absolute atomic E-state index is 10.7. The smallest absolute Gasteiger partial charge is 0.255 e. The third-order valence-corrected chi connectivity index (χ3v) is 2.59. The molecule has 0 spiro atoms. The highest BCUT2D eigenvalue weighted by atomic mass is 32.2. The molecule has 0 amide bonds. The lowest BCUT2D eigenvalue weighted by Gasteiger charge is -2.24. The molecular formula is C5H11NO3S. The van der Waals surface area contributed by atoms with Crippen molar-refractivity contribution in [2.75, 3.05) is 0 Å². The molecule has 0 radical (unpaired) electrons. The number of nitrogens with one attached hydrogen (secondary N) is 1. The summed E-state index contributed by atoms with van der Waals surface area (Å²) in [7, 11) is -3.43. The van der Waals surface area contributed by atoms with Crippen LogP contribution in [0.5, 0.6) is 0 Å². The lowest BCUT2D eigenvalue weighted by molar-refractivity contribution is 0.178. The lowest BCUT2D eigenvalue weighted by Crippen LogP contribution is -2.43. The fourth-order valence-corrected chi connectivity index (χ4v) is 2.23. The average molecular weight is 165 g/mol. The van der Waals surface area contributed by atoms with Gasteiger partial charge in [-0.1, -0.05) is 0 Å². The number of rotatable bonds is 0. The molecule has 10 heavy (non-hydrogen) atoms. The largest absolute Gasteiger partial charge is 0.336 e. The molecule has 1 aliphatic heterocycles. The van der Waals surface area contributed by atoms with Crippen LogP contribution in [0.3, 0.4) is 0 Å². The summed E-state index contributed by atoms with van der Waals surface area (Å²) in [6, 6.07) is -0.00579. The highest BCUT2D eigenvalue weighted by Gasteiger charge is 2.25. The fourth-order valence-electron chi connectivity index (χ4n) is 1.08. The zero-order valence-electron chi connectivity index (χ0n) is 5.99. The monoisotopic (exact) mass is 165 g/mol. The second-order valence-electron chi connectivity index (χ2n) is 2.62. The predicted molar refractivity (Wildman–Crippen MR) is 36.7 cm³/mol. The van der Waals surface area contributed by atoms with E-state index in [1.165, 1.54) is 0 Å². The molecule has 1 rings (SSSR count). The molecule has 1 heterocycles. The van der Waals surface area contributed by atoms with Crippen LogP contribution in [0.1, 0.15) is 20.3 Å². The molecule has 0 aliphatic carbocycles. The minimum atomic E-state index is -3.43. The highest BCUT2D eigenvalue weighted by molar-refractivity contribution is 7.84. The van der Waals surface area contributed by atoms with Crippen LogP contribution in [0.25, 0.3) is 0 Å². The molecule has 0 saturated carbocycles. The van der Waals surface area contributed by atoms with Crippen LogP contribution >= 0.6 is 0 Å². The molecule has 4 nitrogen and oxygen atoms in total. The second-order valence-corrected chi connectivity index (χ2v) is 3.95. The van der Waals surface area contributed by atoms with Gasteiger partial charge in [-0.3, -0.25) is 4.18 Å². The fraction of sp³-hybridized carbons (Fsp3) is 1.00. The van der Waals surface area contributed by atoms with Gasteiger partial charge in [0.15, 0.2) is 0 Å². The Bertz CT molecular complexity index is 195. The maximum atomic E-state index is 10.7. The summed E-state index contributed by atoms with van der Waals surface area (Å²) in [6.07, 6.45) is 0.542. The Hall–Kier alpha value is -0.130. The lowest BCUT2D eigenvalue weighted by atomic mass is 10.2. The third-order valence-electron chi connectivity index (χ3n) is 1.32. The first-order chi connectivity index (χ1) is 4.49. The molecular weight excluding hydrogens is 154 g/mol. The maximum Gasteiger partial charge on any atom is 0.336 e. The van der Waals surface area contributed by atoms with Gasteiger partial charge in [0.2, 0.25) is 0 Å². The van der Waals surface area contributed by atoms with Gasteiger partial charge in [0, 0.05) is 6.04 Å². The first-order valence-electron chi connectivity index (χ1n) is 3.20. The molecule has 1 aliphatic rings. The van der Waals surface area contributed by atoms with E-state index in [0.717, 1.165) is 6.42 Å². The molecule has 2 unspecified atom stereocenters. The van der Waals surface area contributed by atoms with E-state index in [1.54, 1.807) is 6.92 Å². The zero-order valence-corrected chi connectivity index (χ0v) is 6.81. The van der Waals surface area contributed by atoms with Gasteiger partial charge in [0.25, 0.3) is 0 Å². The van der Waals surface area contributed by atoms with Gasteiger partial charge in [-0.05, 0) is 20.3 Å². The highest BCUT2D eigenvalue weighted by Crippen LogP contribution is 2.11. The summed E-state index contributed by atoms with van der Waals surface area (Å²) in [6.45, 7) is 3.56. The number of hydrogen-bond acceptors (Lipinski definition) is 3. The number of hydrogen-bond donors (Lipinski definition) is 1. The molecule has 1 saturated heterocycles. The molecule has 0 aromatic rings. The van der Waals surface area contributed by atoms with Crippen LogP contribution in [-0.2, 0) is 14.5 Å². The molecule has 0 aromatic carbocycles. The SMILES string of the molecule is CC1CC(C)OS(=O)(=O)N1. The predicted octanol–water partition coefficient (Wildman–Crippen LogP) is 0.0181. The first kappa shape index (κ1) is 7.97. The van der Waals surface area contributed by atoms with Crippen molar-refractivity contribution in [3.05, 3.63) is 0 Å². The van der Waals surface area contributed by atoms with E-state index < -0.39 is 10.3 Å². The molecule has 2 atom stereocenters. The Labute approximate surface area is 60.8 Å². The summed E-state index contributed by atoms with van der Waals surface area (Å²) in [5.41, 5.74) is 0. The van der Waals surface area contributed by atoms with Crippen LogP contribution < -0.4 is 4.72 Å². The quantitative estimate of drug-likeness (QED) is 0.550. The van der Waals surface area contributed by atoms with Crippen LogP contribution in [0.15, 0.2) is 0 Å². The molecule has 5 heteroatoms. The summed E-state index contributed by atoms with van der Waals surface area (Å²) in [4.78, 5) is 0. The Morgan fingerprint density at radius 3 is 2.50 bits per heavy atom. The van der Waals surface area contributed by atoms with E-state index in [1.807, 2.05) is 6.92 Å². The Morgan fingerprint density at radius 1 is 1.50 bits per heavy atom. The molecule has 60 valence electrons. The minimum absolute atomic E-state index is 0.00579. The van der Waals surface area contributed by atoms with Gasteiger partial charge < -0.3 is 0 Å². The second kappa shape index (κ2) is 2.48. The molecule has 0 aromatic heterocycles. The van der Waals surface area contributed by atoms with Crippen LogP contribution in [0.2, 0.25) is 0 Å². The Morgan fingerprint density at radius 2 is 2.10 bits per heavy atom. The van der Waals surface area contributed by atoms with Gasteiger partial charge in [0.05, 0.1) is 6.10 Å². The van der Waals surface area contributed by atoms with E-state index >= 15 is 0 Å². The normalized spacial score (nSPS) is 39.4. The van der Waals surface area contributed by atoms with E-state index in [2.05, 4.69) is 8.91 Å². The van der Waals surface area contributed by atoms with E-state index in [0.29, 0.717) is 0 Å². The van der Waals surface area contributed by atoms with Crippen molar-refractivity contribution in [1.29, 1.82) is 0 Å². The van der Waals surface area contributed by atoms with Crippen molar-refractivity contribution in [2.45, 2.75) is 32.4 Å². The summed E-state index contributed by atoms with van der Waals surface area (Å²) in [5.74, 6) is 0. The van der Waals surface area contributed by atoms with Gasteiger partial charge >= 0.3 is 10.3 Å². The van der Waals surface area contributed by atoms with Gasteiger partial charge in [-0.25, -0.2) is 0 Å².